The second kappa shape index (κ2) is 5.30. The summed E-state index contributed by atoms with van der Waals surface area (Å²) in [4.78, 5) is 0. The van der Waals surface area contributed by atoms with E-state index in [1.807, 2.05) is 6.07 Å². The maximum Gasteiger partial charge on any atom is 0.157 e. The molecule has 4 nitrogen and oxygen atoms in total. The predicted octanol–water partition coefficient (Wildman–Crippen LogP) is 2.73. The second-order valence-corrected chi connectivity index (χ2v) is 5.57. The number of hydrogen-bond acceptors (Lipinski definition) is 4. The molecule has 1 atom stereocenters. The summed E-state index contributed by atoms with van der Waals surface area (Å²) in [5.74, 6) is 0.127. The fourth-order valence-corrected chi connectivity index (χ4v) is 3.24. The number of hydrogen-bond donors (Lipinski definition) is 4. The van der Waals surface area contributed by atoms with E-state index in [9.17, 15) is 15.3 Å². The normalized spacial score (nSPS) is 17.5. The number of fused-ring (bicyclic) bond motifs is 1. The first-order valence-corrected chi connectivity index (χ1v) is 7.16. The molecule has 1 unspecified atom stereocenters. The van der Waals surface area contributed by atoms with Crippen LogP contribution < -0.4 is 5.73 Å². The van der Waals surface area contributed by atoms with E-state index < -0.39 is 0 Å². The summed E-state index contributed by atoms with van der Waals surface area (Å²) >= 11 is 0. The van der Waals surface area contributed by atoms with Gasteiger partial charge in [0, 0.05) is 12.5 Å². The molecule has 21 heavy (non-hydrogen) atoms. The standard InChI is InChI=1S/C17H19NO3/c18-9-11-4-5-12(19)7-14(11)13-3-1-2-10-6-16(20)17(21)8-15(10)13/h4-8,13,19-21H,1-3,9,18H2. The minimum Gasteiger partial charge on any atom is -0.508 e. The number of aromatic hydroxyl groups is 3. The van der Waals surface area contributed by atoms with Gasteiger partial charge >= 0.3 is 0 Å². The van der Waals surface area contributed by atoms with Crippen LogP contribution in [0.15, 0.2) is 30.3 Å². The highest BCUT2D eigenvalue weighted by Gasteiger charge is 2.25. The number of aryl methyl sites for hydroxylation is 1. The first kappa shape index (κ1) is 13.8. The molecular weight excluding hydrogens is 266 g/mol. The Kier molecular flexibility index (Phi) is 3.47. The second-order valence-electron chi connectivity index (χ2n) is 5.57. The molecule has 5 N–H and O–H groups in total. The van der Waals surface area contributed by atoms with Crippen LogP contribution in [-0.4, -0.2) is 15.3 Å². The van der Waals surface area contributed by atoms with Crippen LogP contribution >= 0.6 is 0 Å². The molecule has 0 heterocycles. The number of nitrogens with two attached hydrogens (primary N) is 1. The Morgan fingerprint density at radius 3 is 2.52 bits per heavy atom. The van der Waals surface area contributed by atoms with E-state index in [1.54, 1.807) is 24.3 Å². The lowest BCUT2D eigenvalue weighted by Gasteiger charge is -2.28. The molecule has 0 radical (unpaired) electrons. The SMILES string of the molecule is NCc1ccc(O)cc1C1CCCc2cc(O)c(O)cc21. The van der Waals surface area contributed by atoms with E-state index in [4.69, 9.17) is 5.73 Å². The van der Waals surface area contributed by atoms with E-state index in [1.165, 1.54) is 0 Å². The van der Waals surface area contributed by atoms with Crippen molar-refractivity contribution in [2.75, 3.05) is 0 Å². The van der Waals surface area contributed by atoms with Crippen molar-refractivity contribution in [3.05, 3.63) is 52.6 Å². The van der Waals surface area contributed by atoms with Gasteiger partial charge in [-0.1, -0.05) is 6.07 Å². The quantitative estimate of drug-likeness (QED) is 0.639. The zero-order chi connectivity index (χ0) is 15.0. The van der Waals surface area contributed by atoms with Crippen molar-refractivity contribution in [1.29, 1.82) is 0 Å². The lowest BCUT2D eigenvalue weighted by atomic mass is 9.77. The molecule has 0 spiro atoms. The zero-order valence-electron chi connectivity index (χ0n) is 11.7. The Labute approximate surface area is 123 Å². The van der Waals surface area contributed by atoms with Crippen LogP contribution in [0, 0.1) is 0 Å². The summed E-state index contributed by atoms with van der Waals surface area (Å²) in [5.41, 5.74) is 9.87. The summed E-state index contributed by atoms with van der Waals surface area (Å²) in [7, 11) is 0. The number of phenols is 3. The van der Waals surface area contributed by atoms with Gasteiger partial charge in [-0.3, -0.25) is 0 Å². The van der Waals surface area contributed by atoms with Gasteiger partial charge in [0.25, 0.3) is 0 Å². The molecule has 3 rings (SSSR count). The molecule has 110 valence electrons. The number of benzene rings is 2. The Bertz CT molecular complexity index is 682. The summed E-state index contributed by atoms with van der Waals surface area (Å²) in [6.45, 7) is 0.408. The third-order valence-corrected chi connectivity index (χ3v) is 4.28. The van der Waals surface area contributed by atoms with E-state index in [0.717, 1.165) is 41.5 Å². The molecule has 2 aromatic carbocycles. The Balaban J connectivity index is 2.14. The monoisotopic (exact) mass is 285 g/mol. The third kappa shape index (κ3) is 2.43. The van der Waals surface area contributed by atoms with Gasteiger partial charge in [-0.2, -0.15) is 0 Å². The van der Waals surface area contributed by atoms with Gasteiger partial charge in [0.15, 0.2) is 11.5 Å². The van der Waals surface area contributed by atoms with Gasteiger partial charge in [0.05, 0.1) is 0 Å². The first-order valence-electron chi connectivity index (χ1n) is 7.16. The topological polar surface area (TPSA) is 86.7 Å². The average molecular weight is 285 g/mol. The van der Waals surface area contributed by atoms with Crippen LogP contribution in [0.2, 0.25) is 0 Å². The molecule has 0 fully saturated rings. The van der Waals surface area contributed by atoms with Gasteiger partial charge in [-0.25, -0.2) is 0 Å². The van der Waals surface area contributed by atoms with E-state index >= 15 is 0 Å². The van der Waals surface area contributed by atoms with Gasteiger partial charge < -0.3 is 21.1 Å². The highest BCUT2D eigenvalue weighted by molar-refractivity contribution is 5.52. The molecular formula is C17H19NO3. The van der Waals surface area contributed by atoms with Crippen LogP contribution in [0.4, 0.5) is 0 Å². The lowest BCUT2D eigenvalue weighted by Crippen LogP contribution is -2.14. The van der Waals surface area contributed by atoms with Crippen LogP contribution in [0.25, 0.3) is 0 Å². The maximum absolute atomic E-state index is 9.80. The van der Waals surface area contributed by atoms with Crippen LogP contribution in [0.1, 0.15) is 41.0 Å². The Morgan fingerprint density at radius 1 is 1.00 bits per heavy atom. The summed E-state index contributed by atoms with van der Waals surface area (Å²) in [5, 5.41) is 29.2. The van der Waals surface area contributed by atoms with E-state index in [2.05, 4.69) is 0 Å². The summed E-state index contributed by atoms with van der Waals surface area (Å²) in [6, 6.07) is 8.52. The van der Waals surface area contributed by atoms with Crippen LogP contribution in [0.3, 0.4) is 0 Å². The highest BCUT2D eigenvalue weighted by atomic mass is 16.3. The molecule has 0 saturated heterocycles. The van der Waals surface area contributed by atoms with Gasteiger partial charge in [0.1, 0.15) is 5.75 Å². The van der Waals surface area contributed by atoms with Crippen LogP contribution in [0.5, 0.6) is 17.2 Å². The highest BCUT2D eigenvalue weighted by Crippen LogP contribution is 2.42. The van der Waals surface area contributed by atoms with Gasteiger partial charge in [-0.05, 0) is 65.8 Å². The molecule has 2 aromatic rings. The molecule has 4 heteroatoms. The van der Waals surface area contributed by atoms with Crippen LogP contribution in [-0.2, 0) is 13.0 Å². The molecule has 0 aromatic heterocycles. The Hall–Kier alpha value is -2.20. The van der Waals surface area contributed by atoms with E-state index in [-0.39, 0.29) is 23.2 Å². The molecule has 0 amide bonds. The minimum absolute atomic E-state index is 0.0793. The van der Waals surface area contributed by atoms with Gasteiger partial charge in [0.2, 0.25) is 0 Å². The van der Waals surface area contributed by atoms with Gasteiger partial charge in [-0.15, -0.1) is 0 Å². The van der Waals surface area contributed by atoms with Crippen molar-refractivity contribution in [3.8, 4) is 17.2 Å². The third-order valence-electron chi connectivity index (χ3n) is 4.28. The molecule has 0 bridgehead atoms. The van der Waals surface area contributed by atoms with E-state index in [0.29, 0.717) is 6.54 Å². The van der Waals surface area contributed by atoms with Crippen molar-refractivity contribution in [3.63, 3.8) is 0 Å². The number of rotatable bonds is 2. The maximum atomic E-state index is 9.80. The lowest BCUT2D eigenvalue weighted by molar-refractivity contribution is 0.400. The molecule has 1 aliphatic rings. The van der Waals surface area contributed by atoms with Crippen molar-refractivity contribution < 1.29 is 15.3 Å². The minimum atomic E-state index is -0.102. The molecule has 1 aliphatic carbocycles. The smallest absolute Gasteiger partial charge is 0.157 e. The van der Waals surface area contributed by atoms with Crippen molar-refractivity contribution in [1.82, 2.24) is 0 Å². The first-order chi connectivity index (χ1) is 10.1. The Morgan fingerprint density at radius 2 is 1.76 bits per heavy atom. The fourth-order valence-electron chi connectivity index (χ4n) is 3.24. The number of phenolic OH excluding ortho intramolecular Hbond substituents is 3. The summed E-state index contributed by atoms with van der Waals surface area (Å²) < 4.78 is 0. The molecule has 0 saturated carbocycles. The van der Waals surface area contributed by atoms with Crippen molar-refractivity contribution >= 4 is 0 Å². The fraction of sp³-hybridized carbons (Fsp3) is 0.294. The average Bonchev–Trinajstić information content (AvgIpc) is 2.48. The largest absolute Gasteiger partial charge is 0.508 e. The molecule has 0 aliphatic heterocycles. The van der Waals surface area contributed by atoms with Crippen molar-refractivity contribution in [2.45, 2.75) is 31.7 Å². The van der Waals surface area contributed by atoms with Crippen molar-refractivity contribution in [2.24, 2.45) is 5.73 Å². The predicted molar refractivity (Wildman–Crippen MR) is 80.6 cm³/mol. The summed E-state index contributed by atoms with van der Waals surface area (Å²) in [6.07, 6.45) is 2.83. The zero-order valence-corrected chi connectivity index (χ0v) is 11.7.